The molecule has 0 atom stereocenters. The zero-order valence-electron chi connectivity index (χ0n) is 18.9. The molecular weight excluding hydrogens is 426 g/mol. The first-order valence-electron chi connectivity index (χ1n) is 12.2. The molecule has 35 heavy (non-hydrogen) atoms. The lowest BCUT2D eigenvalue weighted by molar-refractivity contribution is 1.24. The molecule has 0 aliphatic heterocycles. The first kappa shape index (κ1) is 17.9. The van der Waals surface area contributed by atoms with Gasteiger partial charge in [-0.3, -0.25) is 9.38 Å². The summed E-state index contributed by atoms with van der Waals surface area (Å²) in [5.74, 6) is 0. The molecule has 0 fully saturated rings. The third-order valence-electron chi connectivity index (χ3n) is 8.11. The fourth-order valence-electron chi connectivity index (χ4n) is 6.70. The van der Waals surface area contributed by atoms with Crippen LogP contribution in [0.5, 0.6) is 0 Å². The van der Waals surface area contributed by atoms with Gasteiger partial charge >= 0.3 is 0 Å². The van der Waals surface area contributed by atoms with E-state index in [1.807, 2.05) is 12.4 Å². The normalized spacial score (nSPS) is 13.5. The number of pyridine rings is 2. The van der Waals surface area contributed by atoms with Gasteiger partial charge in [0, 0.05) is 17.0 Å². The number of benzene rings is 4. The summed E-state index contributed by atoms with van der Waals surface area (Å²) in [5.41, 5.74) is 15.6. The number of rotatable bonds is 0. The monoisotopic (exact) mass is 445 g/mol. The molecule has 0 bridgehead atoms. The van der Waals surface area contributed by atoms with E-state index in [1.54, 1.807) is 0 Å². The van der Waals surface area contributed by atoms with E-state index in [4.69, 9.17) is 4.98 Å². The molecule has 2 aliphatic rings. The van der Waals surface area contributed by atoms with Crippen molar-refractivity contribution in [3.8, 4) is 22.3 Å². The molecule has 0 N–H and O–H groups in total. The zero-order chi connectivity index (χ0) is 22.7. The Balaban J connectivity index is 1.45. The number of fused-ring (bicyclic) bond motifs is 16. The average Bonchev–Trinajstić information content (AvgIpc) is 3.59. The largest absolute Gasteiger partial charge is 0.290 e. The van der Waals surface area contributed by atoms with Crippen LogP contribution in [-0.2, 0) is 12.8 Å². The van der Waals surface area contributed by atoms with Crippen LogP contribution < -0.4 is 0 Å². The molecule has 0 amide bonds. The molecule has 7 aromatic rings. The number of para-hydroxylation sites is 2. The highest BCUT2D eigenvalue weighted by atomic mass is 15.0. The molecule has 2 aliphatic carbocycles. The van der Waals surface area contributed by atoms with E-state index in [0.717, 1.165) is 35.0 Å². The fraction of sp³-hybridized carbons (Fsp3) is 0.0625. The fourth-order valence-corrected chi connectivity index (χ4v) is 6.70. The van der Waals surface area contributed by atoms with Crippen LogP contribution in [0.1, 0.15) is 22.3 Å². The van der Waals surface area contributed by atoms with E-state index in [9.17, 15) is 0 Å². The lowest BCUT2D eigenvalue weighted by Gasteiger charge is -2.13. The van der Waals surface area contributed by atoms with Gasteiger partial charge in [0.05, 0.1) is 22.7 Å². The maximum Gasteiger partial charge on any atom is 0.146 e. The van der Waals surface area contributed by atoms with Crippen LogP contribution in [0.25, 0.3) is 60.6 Å². The van der Waals surface area contributed by atoms with Crippen LogP contribution in [0.3, 0.4) is 0 Å². The Hall–Kier alpha value is -4.50. The summed E-state index contributed by atoms with van der Waals surface area (Å²) in [6.45, 7) is 0. The SMILES string of the molecule is c1ccc2c(c1)Cc1ccc3c(c1-2)-c1ccc2c(c1C3)c1ccncc1n1c3ccccc3nc21. The first-order valence-corrected chi connectivity index (χ1v) is 12.2. The van der Waals surface area contributed by atoms with Gasteiger partial charge in [0.15, 0.2) is 0 Å². The number of hydrogen-bond donors (Lipinski definition) is 0. The summed E-state index contributed by atoms with van der Waals surface area (Å²) >= 11 is 0. The number of aromatic nitrogens is 3. The number of hydrogen-bond acceptors (Lipinski definition) is 2. The van der Waals surface area contributed by atoms with E-state index in [2.05, 4.69) is 88.2 Å². The number of nitrogens with zero attached hydrogens (tertiary/aromatic N) is 3. The highest BCUT2D eigenvalue weighted by Crippen LogP contribution is 2.51. The molecule has 0 spiro atoms. The Labute approximate surface area is 201 Å². The molecule has 0 radical (unpaired) electrons. The van der Waals surface area contributed by atoms with Gasteiger partial charge < -0.3 is 0 Å². The van der Waals surface area contributed by atoms with Crippen molar-refractivity contribution in [1.29, 1.82) is 0 Å². The standard InChI is InChI=1S/C32H19N3/c1-2-6-21-18(5-1)15-19-9-10-20-16-25-22(30(20)29(19)21)11-12-24-31(25)23-13-14-33-17-28(23)35-27-8-4-3-7-26(27)34-32(24)35/h1-14,17H,15-16H2. The summed E-state index contributed by atoms with van der Waals surface area (Å²) in [5, 5.41) is 3.77. The third-order valence-corrected chi connectivity index (χ3v) is 8.11. The Kier molecular flexibility index (Phi) is 3.14. The minimum Gasteiger partial charge on any atom is -0.290 e. The van der Waals surface area contributed by atoms with Crippen LogP contribution in [-0.4, -0.2) is 14.4 Å². The summed E-state index contributed by atoms with van der Waals surface area (Å²) in [7, 11) is 0. The second-order valence-corrected chi connectivity index (χ2v) is 9.81. The quantitative estimate of drug-likeness (QED) is 0.229. The highest BCUT2D eigenvalue weighted by Gasteiger charge is 2.30. The van der Waals surface area contributed by atoms with Crippen LogP contribution in [0, 0.1) is 0 Å². The molecule has 3 heteroatoms. The van der Waals surface area contributed by atoms with Gasteiger partial charge in [-0.05, 0) is 87.0 Å². The van der Waals surface area contributed by atoms with Crippen LogP contribution in [0.4, 0.5) is 0 Å². The van der Waals surface area contributed by atoms with E-state index in [1.165, 1.54) is 60.7 Å². The van der Waals surface area contributed by atoms with E-state index in [-0.39, 0.29) is 0 Å². The number of imidazole rings is 1. The predicted molar refractivity (Wildman–Crippen MR) is 142 cm³/mol. The Morgan fingerprint density at radius 3 is 2.43 bits per heavy atom. The minimum atomic E-state index is 0.950. The zero-order valence-corrected chi connectivity index (χ0v) is 18.9. The van der Waals surface area contributed by atoms with Crippen molar-refractivity contribution in [3.63, 3.8) is 0 Å². The highest BCUT2D eigenvalue weighted by molar-refractivity contribution is 6.17. The third kappa shape index (κ3) is 2.12. The van der Waals surface area contributed by atoms with E-state index < -0.39 is 0 Å². The molecule has 0 saturated carbocycles. The van der Waals surface area contributed by atoms with E-state index in [0.29, 0.717) is 0 Å². The molecule has 0 unspecified atom stereocenters. The second kappa shape index (κ2) is 6.13. The van der Waals surface area contributed by atoms with Gasteiger partial charge in [-0.15, -0.1) is 0 Å². The van der Waals surface area contributed by atoms with Crippen LogP contribution in [0.15, 0.2) is 91.3 Å². The summed E-state index contributed by atoms with van der Waals surface area (Å²) in [6, 6.07) is 28.8. The predicted octanol–water partition coefficient (Wildman–Crippen LogP) is 7.33. The van der Waals surface area contributed by atoms with Crippen molar-refractivity contribution in [1.82, 2.24) is 14.4 Å². The molecule has 3 nitrogen and oxygen atoms in total. The van der Waals surface area contributed by atoms with Gasteiger partial charge in [-0.25, -0.2) is 4.98 Å². The van der Waals surface area contributed by atoms with Crippen molar-refractivity contribution < 1.29 is 0 Å². The minimum absolute atomic E-state index is 0.950. The molecular formula is C32H19N3. The molecule has 4 aromatic carbocycles. The lowest BCUT2D eigenvalue weighted by atomic mass is 9.92. The molecule has 3 aromatic heterocycles. The Morgan fingerprint density at radius 2 is 1.46 bits per heavy atom. The van der Waals surface area contributed by atoms with Crippen molar-refractivity contribution >= 4 is 38.4 Å². The van der Waals surface area contributed by atoms with E-state index >= 15 is 0 Å². The second-order valence-electron chi connectivity index (χ2n) is 9.81. The van der Waals surface area contributed by atoms with Gasteiger partial charge in [0.1, 0.15) is 5.65 Å². The Morgan fingerprint density at radius 1 is 0.629 bits per heavy atom. The van der Waals surface area contributed by atoms with Crippen molar-refractivity contribution in [2.45, 2.75) is 12.8 Å². The van der Waals surface area contributed by atoms with Crippen LogP contribution in [0.2, 0.25) is 0 Å². The van der Waals surface area contributed by atoms with Crippen LogP contribution >= 0.6 is 0 Å². The average molecular weight is 446 g/mol. The Bertz CT molecular complexity index is 2060. The van der Waals surface area contributed by atoms with Crippen molar-refractivity contribution in [2.75, 3.05) is 0 Å². The molecule has 0 saturated heterocycles. The summed E-state index contributed by atoms with van der Waals surface area (Å²) in [4.78, 5) is 9.60. The molecule has 9 rings (SSSR count). The van der Waals surface area contributed by atoms with Gasteiger partial charge in [-0.2, -0.15) is 0 Å². The maximum atomic E-state index is 5.09. The van der Waals surface area contributed by atoms with Crippen molar-refractivity contribution in [2.24, 2.45) is 0 Å². The smallest absolute Gasteiger partial charge is 0.146 e. The topological polar surface area (TPSA) is 30.2 Å². The summed E-state index contributed by atoms with van der Waals surface area (Å²) < 4.78 is 2.28. The lowest BCUT2D eigenvalue weighted by Crippen LogP contribution is -1.95. The first-order chi connectivity index (χ1) is 17.4. The summed E-state index contributed by atoms with van der Waals surface area (Å²) in [6.07, 6.45) is 5.89. The van der Waals surface area contributed by atoms with Gasteiger partial charge in [-0.1, -0.05) is 54.6 Å². The molecule has 3 heterocycles. The van der Waals surface area contributed by atoms with Crippen molar-refractivity contribution in [3.05, 3.63) is 114 Å². The van der Waals surface area contributed by atoms with Gasteiger partial charge in [0.2, 0.25) is 0 Å². The molecule has 162 valence electrons. The van der Waals surface area contributed by atoms with Gasteiger partial charge in [0.25, 0.3) is 0 Å². The maximum absolute atomic E-state index is 5.09.